The van der Waals surface area contributed by atoms with E-state index in [4.69, 9.17) is 15.2 Å². The van der Waals surface area contributed by atoms with Crippen molar-refractivity contribution in [2.24, 2.45) is 11.7 Å². The Bertz CT molecular complexity index is 482. The summed E-state index contributed by atoms with van der Waals surface area (Å²) >= 11 is 0. The third kappa shape index (κ3) is 4.11. The van der Waals surface area contributed by atoms with E-state index >= 15 is 0 Å². The Hall–Kier alpha value is -1.75. The molecule has 0 unspecified atom stereocenters. The molecule has 0 radical (unpaired) electrons. The molecule has 0 aliphatic heterocycles. The van der Waals surface area contributed by atoms with Crippen LogP contribution in [0, 0.1) is 5.92 Å². The number of hydrogen-bond acceptors (Lipinski definition) is 4. The number of ether oxygens (including phenoxy) is 2. The standard InChI is InChI=1S/C16H24N2O3/c1-20-14-8-5-12(15(9-14)21-2)10-18-16(19)11-3-6-13(17)7-4-11/h5,8-9,11,13H,3-4,6-7,10,17H2,1-2H3,(H,18,19). The van der Waals surface area contributed by atoms with Gasteiger partial charge >= 0.3 is 0 Å². The van der Waals surface area contributed by atoms with E-state index in [0.717, 1.165) is 42.7 Å². The van der Waals surface area contributed by atoms with E-state index in [1.807, 2.05) is 18.2 Å². The van der Waals surface area contributed by atoms with Crippen molar-refractivity contribution >= 4 is 5.91 Å². The van der Waals surface area contributed by atoms with Gasteiger partial charge in [-0.1, -0.05) is 0 Å². The van der Waals surface area contributed by atoms with Gasteiger partial charge in [0.1, 0.15) is 11.5 Å². The zero-order valence-electron chi connectivity index (χ0n) is 12.7. The lowest BCUT2D eigenvalue weighted by molar-refractivity contribution is -0.126. The fraction of sp³-hybridized carbons (Fsp3) is 0.562. The molecule has 1 fully saturated rings. The van der Waals surface area contributed by atoms with Crippen LogP contribution in [0.15, 0.2) is 18.2 Å². The third-order valence-electron chi connectivity index (χ3n) is 4.09. The molecular formula is C16H24N2O3. The van der Waals surface area contributed by atoms with Crippen LogP contribution in [-0.4, -0.2) is 26.2 Å². The van der Waals surface area contributed by atoms with Crippen molar-refractivity contribution in [3.05, 3.63) is 23.8 Å². The van der Waals surface area contributed by atoms with Gasteiger partial charge in [0, 0.05) is 30.1 Å². The maximum atomic E-state index is 12.2. The Kier molecular flexibility index (Phi) is 5.44. The summed E-state index contributed by atoms with van der Waals surface area (Å²) in [5.74, 6) is 1.66. The molecule has 21 heavy (non-hydrogen) atoms. The minimum atomic E-state index is 0.0917. The zero-order chi connectivity index (χ0) is 15.2. The monoisotopic (exact) mass is 292 g/mol. The number of hydrogen-bond donors (Lipinski definition) is 2. The quantitative estimate of drug-likeness (QED) is 0.868. The Morgan fingerprint density at radius 3 is 2.57 bits per heavy atom. The van der Waals surface area contributed by atoms with Gasteiger partial charge in [-0.25, -0.2) is 0 Å². The van der Waals surface area contributed by atoms with Crippen molar-refractivity contribution in [1.29, 1.82) is 0 Å². The van der Waals surface area contributed by atoms with Gasteiger partial charge in [0.2, 0.25) is 5.91 Å². The Labute approximate surface area is 125 Å². The van der Waals surface area contributed by atoms with E-state index in [1.165, 1.54) is 0 Å². The highest BCUT2D eigenvalue weighted by atomic mass is 16.5. The van der Waals surface area contributed by atoms with Crippen LogP contribution in [0.3, 0.4) is 0 Å². The molecule has 0 atom stereocenters. The molecule has 116 valence electrons. The van der Waals surface area contributed by atoms with Crippen LogP contribution in [0.2, 0.25) is 0 Å². The molecule has 5 heteroatoms. The highest BCUT2D eigenvalue weighted by Crippen LogP contribution is 2.26. The van der Waals surface area contributed by atoms with Crippen LogP contribution in [0.5, 0.6) is 11.5 Å². The molecule has 0 heterocycles. The molecule has 2 rings (SSSR count). The molecular weight excluding hydrogens is 268 g/mol. The van der Waals surface area contributed by atoms with E-state index in [9.17, 15) is 4.79 Å². The second-order valence-electron chi connectivity index (χ2n) is 5.51. The van der Waals surface area contributed by atoms with Gasteiger partial charge < -0.3 is 20.5 Å². The number of carbonyl (C=O) groups excluding carboxylic acids is 1. The number of benzene rings is 1. The van der Waals surface area contributed by atoms with Crippen molar-refractivity contribution in [3.8, 4) is 11.5 Å². The minimum absolute atomic E-state index is 0.0917. The van der Waals surface area contributed by atoms with Crippen molar-refractivity contribution in [1.82, 2.24) is 5.32 Å². The highest BCUT2D eigenvalue weighted by molar-refractivity contribution is 5.78. The van der Waals surface area contributed by atoms with Crippen molar-refractivity contribution < 1.29 is 14.3 Å². The first-order valence-electron chi connectivity index (χ1n) is 7.38. The van der Waals surface area contributed by atoms with Gasteiger partial charge in [-0.15, -0.1) is 0 Å². The lowest BCUT2D eigenvalue weighted by Crippen LogP contribution is -2.36. The number of rotatable bonds is 5. The number of methoxy groups -OCH3 is 2. The lowest BCUT2D eigenvalue weighted by atomic mass is 9.86. The first-order valence-corrected chi connectivity index (χ1v) is 7.38. The lowest BCUT2D eigenvalue weighted by Gasteiger charge is -2.25. The SMILES string of the molecule is COc1ccc(CNC(=O)C2CCC(N)CC2)c(OC)c1. The summed E-state index contributed by atoms with van der Waals surface area (Å²) in [6, 6.07) is 5.86. The van der Waals surface area contributed by atoms with Gasteiger partial charge in [0.15, 0.2) is 0 Å². The smallest absolute Gasteiger partial charge is 0.223 e. The summed E-state index contributed by atoms with van der Waals surface area (Å²) in [5, 5.41) is 3.00. The average molecular weight is 292 g/mol. The Morgan fingerprint density at radius 2 is 1.95 bits per heavy atom. The molecule has 0 saturated heterocycles. The van der Waals surface area contributed by atoms with Gasteiger partial charge in [-0.05, 0) is 37.8 Å². The molecule has 1 aromatic carbocycles. The molecule has 1 aliphatic rings. The fourth-order valence-electron chi connectivity index (χ4n) is 2.71. The molecule has 1 aliphatic carbocycles. The molecule has 1 saturated carbocycles. The van der Waals surface area contributed by atoms with Crippen LogP contribution in [0.25, 0.3) is 0 Å². The van der Waals surface area contributed by atoms with Crippen LogP contribution in [-0.2, 0) is 11.3 Å². The largest absolute Gasteiger partial charge is 0.497 e. The maximum absolute atomic E-state index is 12.2. The number of nitrogens with two attached hydrogens (primary N) is 1. The van der Waals surface area contributed by atoms with Crippen molar-refractivity contribution in [3.63, 3.8) is 0 Å². The number of carbonyl (C=O) groups is 1. The topological polar surface area (TPSA) is 73.6 Å². The van der Waals surface area contributed by atoms with Gasteiger partial charge in [0.25, 0.3) is 0 Å². The molecule has 0 aromatic heterocycles. The Balaban J connectivity index is 1.91. The normalized spacial score (nSPS) is 21.7. The van der Waals surface area contributed by atoms with E-state index < -0.39 is 0 Å². The fourth-order valence-corrected chi connectivity index (χ4v) is 2.71. The Morgan fingerprint density at radius 1 is 1.24 bits per heavy atom. The summed E-state index contributed by atoms with van der Waals surface area (Å²) in [6.45, 7) is 0.467. The van der Waals surface area contributed by atoms with Crippen LogP contribution in [0.4, 0.5) is 0 Å². The average Bonchev–Trinajstić information content (AvgIpc) is 2.53. The molecule has 5 nitrogen and oxygen atoms in total. The second kappa shape index (κ2) is 7.31. The van der Waals surface area contributed by atoms with Gasteiger partial charge in [0.05, 0.1) is 14.2 Å². The van der Waals surface area contributed by atoms with E-state index in [-0.39, 0.29) is 17.9 Å². The summed E-state index contributed by atoms with van der Waals surface area (Å²) in [4.78, 5) is 12.2. The van der Waals surface area contributed by atoms with Gasteiger partial charge in [-0.2, -0.15) is 0 Å². The minimum Gasteiger partial charge on any atom is -0.497 e. The van der Waals surface area contributed by atoms with Crippen LogP contribution < -0.4 is 20.5 Å². The molecule has 1 amide bonds. The van der Waals surface area contributed by atoms with E-state index in [1.54, 1.807) is 14.2 Å². The van der Waals surface area contributed by atoms with E-state index in [2.05, 4.69) is 5.32 Å². The predicted molar refractivity (Wildman–Crippen MR) is 81.3 cm³/mol. The van der Waals surface area contributed by atoms with Crippen molar-refractivity contribution in [2.75, 3.05) is 14.2 Å². The van der Waals surface area contributed by atoms with Crippen molar-refractivity contribution in [2.45, 2.75) is 38.3 Å². The zero-order valence-corrected chi connectivity index (χ0v) is 12.7. The van der Waals surface area contributed by atoms with Gasteiger partial charge in [-0.3, -0.25) is 4.79 Å². The maximum Gasteiger partial charge on any atom is 0.223 e. The third-order valence-corrected chi connectivity index (χ3v) is 4.09. The number of amides is 1. The van der Waals surface area contributed by atoms with Crippen LogP contribution >= 0.6 is 0 Å². The first-order chi connectivity index (χ1) is 10.1. The molecule has 0 spiro atoms. The van der Waals surface area contributed by atoms with E-state index in [0.29, 0.717) is 6.54 Å². The molecule has 1 aromatic rings. The first kappa shape index (κ1) is 15.6. The summed E-state index contributed by atoms with van der Waals surface area (Å²) in [6.07, 6.45) is 3.63. The molecule has 0 bridgehead atoms. The van der Waals surface area contributed by atoms with Crippen LogP contribution in [0.1, 0.15) is 31.2 Å². The second-order valence-corrected chi connectivity index (χ2v) is 5.51. The number of nitrogens with one attached hydrogen (secondary N) is 1. The predicted octanol–water partition coefficient (Wildman–Crippen LogP) is 1.84. The molecule has 3 N–H and O–H groups in total. The summed E-state index contributed by atoms with van der Waals surface area (Å²) in [5.41, 5.74) is 6.81. The summed E-state index contributed by atoms with van der Waals surface area (Å²) < 4.78 is 10.5. The highest BCUT2D eigenvalue weighted by Gasteiger charge is 2.24. The summed E-state index contributed by atoms with van der Waals surface area (Å²) in [7, 11) is 3.23.